The number of ether oxygens (including phenoxy) is 1. The van der Waals surface area contributed by atoms with E-state index < -0.39 is 17.5 Å². The molecule has 1 fully saturated rings. The Kier molecular flexibility index (Phi) is 7.16. The number of hydrogen-bond donors (Lipinski definition) is 3. The van der Waals surface area contributed by atoms with Gasteiger partial charge >= 0.3 is 0 Å². The molecule has 2 heterocycles. The van der Waals surface area contributed by atoms with Crippen LogP contribution in [0.1, 0.15) is 12.8 Å². The van der Waals surface area contributed by atoms with E-state index in [9.17, 15) is 4.79 Å². The first kappa shape index (κ1) is 18.9. The van der Waals surface area contributed by atoms with Crippen molar-refractivity contribution in [1.82, 2.24) is 15.6 Å². The molecule has 2 rings (SSSR count). The van der Waals surface area contributed by atoms with Gasteiger partial charge in [-0.3, -0.25) is 10.6 Å². The molecule has 2 aliphatic heterocycles. The second kappa shape index (κ2) is 9.12. The molecule has 1 unspecified atom stereocenters. The molecule has 0 aromatic heterocycles. The van der Waals surface area contributed by atoms with E-state index in [4.69, 9.17) is 39.3 Å². The van der Waals surface area contributed by atoms with E-state index in [1.54, 1.807) is 12.2 Å². The van der Waals surface area contributed by atoms with Gasteiger partial charge in [0, 0.05) is 24.2 Å². The van der Waals surface area contributed by atoms with Crippen LogP contribution in [0.3, 0.4) is 0 Å². The number of nitrogens with two attached hydrogens (primary N) is 1. The lowest BCUT2D eigenvalue weighted by Gasteiger charge is -2.35. The summed E-state index contributed by atoms with van der Waals surface area (Å²) >= 11 is 11.9. The minimum absolute atomic E-state index is 0.0250. The van der Waals surface area contributed by atoms with Crippen LogP contribution >= 0.6 is 23.2 Å². The molecule has 0 saturated carbocycles. The van der Waals surface area contributed by atoms with Gasteiger partial charge in [-0.15, -0.1) is 0 Å². The fourth-order valence-electron chi connectivity index (χ4n) is 2.49. The average Bonchev–Trinajstić information content (AvgIpc) is 2.58. The highest BCUT2D eigenvalue weighted by Gasteiger charge is 2.31. The number of nitrogens with one attached hydrogen (secondary N) is 2. The number of allylic oxidation sites excluding steroid dienone is 2. The Morgan fingerprint density at radius 1 is 1.58 bits per heavy atom. The quantitative estimate of drug-likeness (QED) is 0.122. The number of amides is 1. The van der Waals surface area contributed by atoms with Crippen molar-refractivity contribution in [2.24, 2.45) is 11.0 Å². The van der Waals surface area contributed by atoms with Crippen molar-refractivity contribution in [3.05, 3.63) is 33.4 Å². The number of azide groups is 1. The van der Waals surface area contributed by atoms with Crippen molar-refractivity contribution in [3.63, 3.8) is 0 Å². The van der Waals surface area contributed by atoms with Crippen LogP contribution in [-0.4, -0.2) is 48.3 Å². The summed E-state index contributed by atoms with van der Waals surface area (Å²) in [5.41, 5.74) is 8.34. The number of nitrogens with zero attached hydrogens (tertiary/aromatic N) is 4. The first-order chi connectivity index (χ1) is 11.5. The van der Waals surface area contributed by atoms with Crippen molar-refractivity contribution in [2.75, 3.05) is 19.8 Å². The number of hydrazine groups is 1. The lowest BCUT2D eigenvalue weighted by Crippen LogP contribution is -2.57. The fraction of sp³-hybridized carbons (Fsp3) is 0.615. The standard InChI is InChI=1S/C13H19Cl2N7O2/c14-11-2-1-9(12(15)20-11)19-13(23)10(7-18-21-16)22(17)8-3-5-24-6-4-8/h1-2,8,10,12,20H,3-7,17H2,(H,19,23)/t10-,12?/m1/s1. The number of rotatable bonds is 6. The largest absolute Gasteiger partial charge is 0.381 e. The van der Waals surface area contributed by atoms with E-state index in [-0.39, 0.29) is 12.6 Å². The maximum atomic E-state index is 12.6. The van der Waals surface area contributed by atoms with Gasteiger partial charge in [0.05, 0.1) is 12.2 Å². The second-order valence-electron chi connectivity index (χ2n) is 5.35. The van der Waals surface area contributed by atoms with Gasteiger partial charge in [0.1, 0.15) is 16.7 Å². The smallest absolute Gasteiger partial charge is 0.243 e. The third-order valence-corrected chi connectivity index (χ3v) is 4.39. The van der Waals surface area contributed by atoms with E-state index in [1.807, 2.05) is 0 Å². The van der Waals surface area contributed by atoms with Crippen LogP contribution in [0.15, 0.2) is 28.1 Å². The Hall–Kier alpha value is -1.48. The Bertz CT molecular complexity index is 571. The predicted molar refractivity (Wildman–Crippen MR) is 90.6 cm³/mol. The molecule has 2 aliphatic rings. The van der Waals surface area contributed by atoms with Crippen LogP contribution in [0.5, 0.6) is 0 Å². The summed E-state index contributed by atoms with van der Waals surface area (Å²) in [7, 11) is 0. The van der Waals surface area contributed by atoms with Crippen LogP contribution < -0.4 is 16.5 Å². The van der Waals surface area contributed by atoms with Crippen LogP contribution in [0.4, 0.5) is 0 Å². The number of alkyl halides is 1. The highest BCUT2D eigenvalue weighted by Crippen LogP contribution is 2.17. The topological polar surface area (TPSA) is 128 Å². The van der Waals surface area contributed by atoms with Crippen LogP contribution in [0, 0.1) is 0 Å². The molecule has 24 heavy (non-hydrogen) atoms. The molecule has 1 amide bonds. The Morgan fingerprint density at radius 3 is 2.92 bits per heavy atom. The number of hydrogen-bond acceptors (Lipinski definition) is 6. The summed E-state index contributed by atoms with van der Waals surface area (Å²) < 4.78 is 5.30. The lowest BCUT2D eigenvalue weighted by atomic mass is 10.1. The molecule has 0 bridgehead atoms. The summed E-state index contributed by atoms with van der Waals surface area (Å²) in [5, 5.41) is 10.8. The summed E-state index contributed by atoms with van der Waals surface area (Å²) in [6.45, 7) is 1.08. The van der Waals surface area contributed by atoms with Gasteiger partial charge in [0.2, 0.25) is 5.91 Å². The predicted octanol–water partition coefficient (Wildman–Crippen LogP) is 1.27. The summed E-state index contributed by atoms with van der Waals surface area (Å²) in [6.07, 6.45) is 4.60. The van der Waals surface area contributed by atoms with Crippen molar-refractivity contribution in [3.8, 4) is 0 Å². The molecule has 0 radical (unpaired) electrons. The van der Waals surface area contributed by atoms with Crippen molar-refractivity contribution in [2.45, 2.75) is 30.4 Å². The van der Waals surface area contributed by atoms with Gasteiger partial charge in [-0.1, -0.05) is 28.3 Å². The van der Waals surface area contributed by atoms with Crippen LogP contribution in [-0.2, 0) is 9.53 Å². The first-order valence-electron chi connectivity index (χ1n) is 7.43. The molecule has 0 aliphatic carbocycles. The van der Waals surface area contributed by atoms with Gasteiger partial charge in [0.15, 0.2) is 0 Å². The van der Waals surface area contributed by atoms with E-state index in [1.165, 1.54) is 5.01 Å². The lowest BCUT2D eigenvalue weighted by molar-refractivity contribution is -0.127. The normalized spacial score (nSPS) is 22.8. The van der Waals surface area contributed by atoms with Gasteiger partial charge in [-0.2, -0.15) is 0 Å². The monoisotopic (exact) mass is 375 g/mol. The molecule has 0 aromatic rings. The maximum absolute atomic E-state index is 12.6. The van der Waals surface area contributed by atoms with E-state index in [0.717, 1.165) is 0 Å². The molecule has 1 saturated heterocycles. The van der Waals surface area contributed by atoms with E-state index in [0.29, 0.717) is 36.9 Å². The van der Waals surface area contributed by atoms with Crippen molar-refractivity contribution < 1.29 is 9.53 Å². The average molecular weight is 376 g/mol. The van der Waals surface area contributed by atoms with Crippen molar-refractivity contribution in [1.29, 1.82) is 0 Å². The summed E-state index contributed by atoms with van der Waals surface area (Å²) in [6, 6.07) is -0.835. The van der Waals surface area contributed by atoms with E-state index >= 15 is 0 Å². The highest BCUT2D eigenvalue weighted by molar-refractivity contribution is 6.31. The molecule has 132 valence electrons. The molecule has 0 aromatic carbocycles. The minimum Gasteiger partial charge on any atom is -0.381 e. The molecule has 9 nitrogen and oxygen atoms in total. The minimum atomic E-state index is -0.810. The Labute approximate surface area is 149 Å². The zero-order valence-electron chi connectivity index (χ0n) is 12.9. The molecule has 11 heteroatoms. The molecular weight excluding hydrogens is 357 g/mol. The Morgan fingerprint density at radius 2 is 2.29 bits per heavy atom. The second-order valence-corrected chi connectivity index (χ2v) is 6.20. The van der Waals surface area contributed by atoms with Gasteiger partial charge in [0.25, 0.3) is 0 Å². The van der Waals surface area contributed by atoms with Crippen LogP contribution in [0.2, 0.25) is 0 Å². The third kappa shape index (κ3) is 5.01. The number of carbonyl (C=O) groups is 1. The zero-order chi connectivity index (χ0) is 17.5. The number of halogens is 2. The first-order valence-corrected chi connectivity index (χ1v) is 8.25. The van der Waals surface area contributed by atoms with E-state index in [2.05, 4.69) is 20.7 Å². The van der Waals surface area contributed by atoms with Crippen LogP contribution in [0.25, 0.3) is 10.4 Å². The third-order valence-electron chi connectivity index (χ3n) is 3.81. The SMILES string of the molecule is [N-]=[N+]=NC[C@H](C(=O)NC1=CC=C(Cl)NC1Cl)N(N)C1CCOCC1. The summed E-state index contributed by atoms with van der Waals surface area (Å²) in [5.74, 6) is 5.73. The van der Waals surface area contributed by atoms with Gasteiger partial charge in [-0.25, -0.2) is 5.01 Å². The highest BCUT2D eigenvalue weighted by atomic mass is 35.5. The zero-order valence-corrected chi connectivity index (χ0v) is 14.4. The van der Waals surface area contributed by atoms with Gasteiger partial charge < -0.3 is 15.4 Å². The Balaban J connectivity index is 2.08. The molecule has 2 atom stereocenters. The maximum Gasteiger partial charge on any atom is 0.243 e. The summed E-state index contributed by atoms with van der Waals surface area (Å²) in [4.78, 5) is 15.3. The molecule has 0 spiro atoms. The van der Waals surface area contributed by atoms with Crippen molar-refractivity contribution >= 4 is 29.1 Å². The molecule has 4 N–H and O–H groups in total. The molecular formula is C13H19Cl2N7O2. The number of carbonyl (C=O) groups excluding carboxylic acids is 1. The van der Waals surface area contributed by atoms with Gasteiger partial charge in [-0.05, 0) is 30.5 Å². The fourth-order valence-corrected chi connectivity index (χ4v) is 2.96. The number of dihydropyridines is 1.